The van der Waals surface area contributed by atoms with Gasteiger partial charge in [-0.05, 0) is 45.1 Å². The minimum absolute atomic E-state index is 0.0412. The van der Waals surface area contributed by atoms with Crippen molar-refractivity contribution < 1.29 is 18.3 Å². The van der Waals surface area contributed by atoms with Crippen molar-refractivity contribution in [1.29, 1.82) is 5.26 Å². The highest BCUT2D eigenvalue weighted by Crippen LogP contribution is 2.26. The van der Waals surface area contributed by atoms with Crippen LogP contribution in [-0.2, 0) is 16.6 Å². The maximum atomic E-state index is 12.9. The highest BCUT2D eigenvalue weighted by Gasteiger charge is 2.25. The van der Waals surface area contributed by atoms with Crippen LogP contribution in [0.3, 0.4) is 0 Å². The molecule has 0 unspecified atom stereocenters. The summed E-state index contributed by atoms with van der Waals surface area (Å²) in [7, 11) is -4.00. The average molecular weight is 454 g/mol. The average Bonchev–Trinajstić information content (AvgIpc) is 2.94. The molecule has 27 heavy (non-hydrogen) atoms. The lowest BCUT2D eigenvalue weighted by molar-refractivity contribution is 0.123. The van der Waals surface area contributed by atoms with E-state index in [2.05, 4.69) is 15.9 Å². The number of aromatic nitrogens is 1. The van der Waals surface area contributed by atoms with Crippen molar-refractivity contribution in [3.05, 3.63) is 52.3 Å². The first-order valence-corrected chi connectivity index (χ1v) is 10.3. The second kappa shape index (κ2) is 7.74. The molecule has 0 saturated carbocycles. The first-order valence-electron chi connectivity index (χ1n) is 8.05. The van der Waals surface area contributed by atoms with E-state index in [1.807, 2.05) is 26.8 Å². The van der Waals surface area contributed by atoms with Crippen LogP contribution in [0.4, 0.5) is 4.79 Å². The zero-order chi connectivity index (χ0) is 20.4. The summed E-state index contributed by atoms with van der Waals surface area (Å²) in [6.45, 7) is 6.12. The lowest BCUT2D eigenvalue weighted by Crippen LogP contribution is -2.36. The van der Waals surface area contributed by atoms with E-state index in [0.29, 0.717) is 12.1 Å². The van der Waals surface area contributed by atoms with Gasteiger partial charge in [0.1, 0.15) is 15.6 Å². The van der Waals surface area contributed by atoms with Gasteiger partial charge in [-0.15, -0.1) is 0 Å². The number of amides is 1. The molecule has 0 saturated heterocycles. The van der Waals surface area contributed by atoms with Gasteiger partial charge >= 0.3 is 6.09 Å². The number of hydrogen-bond donors (Lipinski definition) is 1. The normalized spacial score (nSPS) is 11.8. The molecule has 7 nitrogen and oxygen atoms in total. The van der Waals surface area contributed by atoms with Crippen LogP contribution in [-0.4, -0.2) is 35.0 Å². The van der Waals surface area contributed by atoms with E-state index in [0.717, 1.165) is 3.97 Å². The van der Waals surface area contributed by atoms with Gasteiger partial charge in [0.05, 0.1) is 12.1 Å². The lowest BCUT2D eigenvalue weighted by Gasteiger charge is -2.27. The van der Waals surface area contributed by atoms with Crippen molar-refractivity contribution in [3.63, 3.8) is 0 Å². The molecule has 2 rings (SSSR count). The van der Waals surface area contributed by atoms with Crippen LogP contribution in [0.1, 0.15) is 31.9 Å². The van der Waals surface area contributed by atoms with Crippen molar-refractivity contribution in [2.75, 3.05) is 6.54 Å². The Bertz CT molecular complexity index is 1000. The fourth-order valence-corrected chi connectivity index (χ4v) is 4.99. The summed E-state index contributed by atoms with van der Waals surface area (Å²) in [6.07, 6.45) is 0.290. The predicted molar refractivity (Wildman–Crippen MR) is 104 cm³/mol. The summed E-state index contributed by atoms with van der Waals surface area (Å²) < 4.78 is 27.2. The molecule has 0 spiro atoms. The Hall–Kier alpha value is -2.31. The quantitative estimate of drug-likeness (QED) is 0.739. The van der Waals surface area contributed by atoms with E-state index in [1.54, 1.807) is 18.2 Å². The van der Waals surface area contributed by atoms with Gasteiger partial charge < -0.3 is 10.0 Å². The van der Waals surface area contributed by atoms with Crippen molar-refractivity contribution >= 4 is 32.0 Å². The number of benzene rings is 1. The molecule has 0 fully saturated rings. The first-order chi connectivity index (χ1) is 12.5. The van der Waals surface area contributed by atoms with Crippen LogP contribution in [0, 0.1) is 16.7 Å². The Balaban J connectivity index is 2.41. The van der Waals surface area contributed by atoms with Gasteiger partial charge in [-0.25, -0.2) is 17.2 Å². The minimum Gasteiger partial charge on any atom is -0.465 e. The monoisotopic (exact) mass is 453 g/mol. The van der Waals surface area contributed by atoms with Crippen LogP contribution in [0.2, 0.25) is 0 Å². The third-order valence-corrected chi connectivity index (χ3v) is 6.23. The Morgan fingerprint density at radius 3 is 2.52 bits per heavy atom. The largest absolute Gasteiger partial charge is 0.465 e. The molecule has 0 aliphatic carbocycles. The Morgan fingerprint density at radius 1 is 1.33 bits per heavy atom. The van der Waals surface area contributed by atoms with Gasteiger partial charge in [0, 0.05) is 12.7 Å². The number of halogens is 1. The van der Waals surface area contributed by atoms with Gasteiger partial charge in [0.2, 0.25) is 0 Å². The number of hydrogen-bond acceptors (Lipinski definition) is 4. The zero-order valence-electron chi connectivity index (χ0n) is 15.2. The van der Waals surface area contributed by atoms with E-state index in [9.17, 15) is 23.6 Å². The Morgan fingerprint density at radius 2 is 1.96 bits per heavy atom. The van der Waals surface area contributed by atoms with Crippen molar-refractivity contribution in [2.45, 2.75) is 32.2 Å². The molecule has 1 N–H and O–H groups in total. The maximum absolute atomic E-state index is 12.9. The predicted octanol–water partition coefficient (Wildman–Crippen LogP) is 3.89. The minimum atomic E-state index is -4.00. The summed E-state index contributed by atoms with van der Waals surface area (Å²) in [6, 6.07) is 9.36. The first kappa shape index (κ1) is 21.0. The third kappa shape index (κ3) is 4.90. The molecule has 1 aromatic carbocycles. The van der Waals surface area contributed by atoms with E-state index < -0.39 is 16.1 Å². The van der Waals surface area contributed by atoms with E-state index >= 15 is 0 Å². The van der Waals surface area contributed by atoms with Crippen molar-refractivity contribution in [2.24, 2.45) is 5.41 Å². The van der Waals surface area contributed by atoms with Crippen LogP contribution in [0.5, 0.6) is 0 Å². The Kier molecular flexibility index (Phi) is 6.02. The highest BCUT2D eigenvalue weighted by molar-refractivity contribution is 9.10. The molecule has 1 amide bonds. The van der Waals surface area contributed by atoms with Gasteiger partial charge in [0.25, 0.3) is 10.0 Å². The summed E-state index contributed by atoms with van der Waals surface area (Å²) in [4.78, 5) is 12.7. The third-order valence-electron chi connectivity index (χ3n) is 3.65. The number of carbonyl (C=O) groups is 1. The molecule has 0 aliphatic heterocycles. The van der Waals surface area contributed by atoms with E-state index in [1.165, 1.54) is 23.2 Å². The molecule has 144 valence electrons. The van der Waals surface area contributed by atoms with Crippen molar-refractivity contribution in [1.82, 2.24) is 8.87 Å². The molecule has 0 radical (unpaired) electrons. The van der Waals surface area contributed by atoms with Gasteiger partial charge in [0.15, 0.2) is 0 Å². The van der Waals surface area contributed by atoms with E-state index in [-0.39, 0.29) is 27.0 Å². The zero-order valence-corrected chi connectivity index (χ0v) is 17.6. The smallest absolute Gasteiger partial charge is 0.407 e. The number of nitriles is 1. The fraction of sp³-hybridized carbons (Fsp3) is 0.333. The SMILES string of the molecule is CC(C)(C)CN(Cc1cc(Br)n(S(=O)(=O)c2ccccc2C#N)c1)C(=O)O. The topological polar surface area (TPSA) is 103 Å². The van der Waals surface area contributed by atoms with E-state index in [4.69, 9.17) is 0 Å². The molecular weight excluding hydrogens is 434 g/mol. The summed E-state index contributed by atoms with van der Waals surface area (Å²) >= 11 is 3.22. The second-order valence-corrected chi connectivity index (χ2v) is 9.88. The van der Waals surface area contributed by atoms with Crippen molar-refractivity contribution in [3.8, 4) is 6.07 Å². The van der Waals surface area contributed by atoms with Gasteiger partial charge in [-0.1, -0.05) is 32.9 Å². The molecule has 1 heterocycles. The number of nitrogens with zero attached hydrogens (tertiary/aromatic N) is 3. The molecule has 0 atom stereocenters. The van der Waals surface area contributed by atoms with Crippen LogP contribution < -0.4 is 0 Å². The molecule has 9 heteroatoms. The second-order valence-electron chi connectivity index (χ2n) is 7.28. The fourth-order valence-electron chi connectivity index (χ4n) is 2.61. The highest BCUT2D eigenvalue weighted by atomic mass is 79.9. The van der Waals surface area contributed by atoms with Gasteiger partial charge in [-0.2, -0.15) is 5.26 Å². The Labute approximate surface area is 167 Å². The summed E-state index contributed by atoms with van der Waals surface area (Å²) in [5.41, 5.74) is 0.321. The standard InChI is InChI=1S/C18H20BrN3O4S/c1-18(2,3)12-21(17(23)24)10-13-8-16(19)22(11-13)27(25,26)15-7-5-4-6-14(15)9-20/h4-8,11H,10,12H2,1-3H3,(H,23,24). The molecule has 2 aromatic rings. The van der Waals surface area contributed by atoms with Crippen LogP contribution in [0.15, 0.2) is 46.0 Å². The van der Waals surface area contributed by atoms with Crippen LogP contribution in [0.25, 0.3) is 0 Å². The number of carboxylic acid groups (broad SMARTS) is 1. The summed E-state index contributed by atoms with van der Waals surface area (Å²) in [5.74, 6) is 0. The molecular formula is C18H20BrN3O4S. The van der Waals surface area contributed by atoms with Gasteiger partial charge in [-0.3, -0.25) is 0 Å². The molecule has 1 aromatic heterocycles. The number of rotatable bonds is 5. The van der Waals surface area contributed by atoms with Crippen LogP contribution >= 0.6 is 15.9 Å². The molecule has 0 bridgehead atoms. The lowest BCUT2D eigenvalue weighted by atomic mass is 9.96. The maximum Gasteiger partial charge on any atom is 0.407 e. The molecule has 0 aliphatic rings. The summed E-state index contributed by atoms with van der Waals surface area (Å²) in [5, 5.41) is 18.6.